The van der Waals surface area contributed by atoms with E-state index in [9.17, 15) is 14.4 Å². The second-order valence-corrected chi connectivity index (χ2v) is 6.40. The fourth-order valence-corrected chi connectivity index (χ4v) is 4.16. The molecule has 4 rings (SSSR count). The van der Waals surface area contributed by atoms with Crippen LogP contribution in [0.3, 0.4) is 0 Å². The van der Waals surface area contributed by atoms with E-state index in [1.54, 1.807) is 13.0 Å². The van der Waals surface area contributed by atoms with Gasteiger partial charge in [-0.25, -0.2) is 0 Å². The van der Waals surface area contributed by atoms with Gasteiger partial charge in [0.2, 0.25) is 0 Å². The fourth-order valence-electron chi connectivity index (χ4n) is 4.16. The molecule has 1 saturated heterocycles. The number of ether oxygens (including phenoxy) is 2. The fraction of sp³-hybridized carbons (Fsp3) is 0.600. The van der Waals surface area contributed by atoms with E-state index in [0.717, 1.165) is 12.8 Å². The molecule has 0 spiro atoms. The van der Waals surface area contributed by atoms with Crippen LogP contribution in [0.5, 0.6) is 0 Å². The third-order valence-corrected chi connectivity index (χ3v) is 5.00. The predicted molar refractivity (Wildman–Crippen MR) is 73.9 cm³/mol. The molecule has 0 aromatic carbocycles. The van der Waals surface area contributed by atoms with Crippen molar-refractivity contribution >= 4 is 23.7 Å². The smallest absolute Gasteiger partial charge is 0.310 e. The van der Waals surface area contributed by atoms with E-state index in [1.165, 1.54) is 0 Å². The number of carbonyl (C=O) groups excluding carboxylic acids is 3. The lowest BCUT2D eigenvalue weighted by molar-refractivity contribution is -0.157. The largest absolute Gasteiger partial charge is 0.462 e. The van der Waals surface area contributed by atoms with Crippen molar-refractivity contribution < 1.29 is 28.4 Å². The maximum Gasteiger partial charge on any atom is 0.310 e. The highest BCUT2D eigenvalue weighted by Gasteiger charge is 2.64. The van der Waals surface area contributed by atoms with E-state index in [4.69, 9.17) is 14.0 Å². The standard InChI is InChI=1S/C15H16N2O6/c1-6-2-10(17-23-6)16-11(18)5-21-14(19)12-7-3-8-9(4-7)22-15(20)13(8)12/h2,7-9,12-13H,3-5H2,1H3,(H,16,17,18)/t7-,8-,9+,12-,13-/m0/s1. The molecule has 122 valence electrons. The van der Waals surface area contributed by atoms with E-state index >= 15 is 0 Å². The molecule has 0 radical (unpaired) electrons. The van der Waals surface area contributed by atoms with Gasteiger partial charge in [0.15, 0.2) is 12.4 Å². The van der Waals surface area contributed by atoms with Crippen molar-refractivity contribution in [3.8, 4) is 0 Å². The SMILES string of the molecule is Cc1cc(NC(=O)COC(=O)[C@H]2[C@H]3C[C@@H]4[C@@H]2C(=O)O[C@@H]4C3)no1. The van der Waals surface area contributed by atoms with Crippen molar-refractivity contribution in [1.82, 2.24) is 5.16 Å². The Kier molecular flexibility index (Phi) is 3.14. The molecule has 8 nitrogen and oxygen atoms in total. The molecular weight excluding hydrogens is 304 g/mol. The number of nitrogens with zero attached hydrogens (tertiary/aromatic N) is 1. The lowest BCUT2D eigenvalue weighted by atomic mass is 9.80. The van der Waals surface area contributed by atoms with Crippen LogP contribution in [0.2, 0.25) is 0 Å². The van der Waals surface area contributed by atoms with Crippen LogP contribution < -0.4 is 5.32 Å². The van der Waals surface area contributed by atoms with Crippen LogP contribution in [0.1, 0.15) is 18.6 Å². The Balaban J connectivity index is 1.34. The molecule has 1 aliphatic heterocycles. The Morgan fingerprint density at radius 3 is 3.00 bits per heavy atom. The number of esters is 2. The molecule has 2 heterocycles. The van der Waals surface area contributed by atoms with Crippen molar-refractivity contribution in [2.24, 2.45) is 23.7 Å². The second-order valence-electron chi connectivity index (χ2n) is 6.40. The number of nitrogens with one attached hydrogen (secondary N) is 1. The predicted octanol–water partition coefficient (Wildman–Crippen LogP) is 0.662. The molecule has 8 heteroatoms. The Labute approximate surface area is 131 Å². The molecule has 1 aromatic heterocycles. The highest BCUT2D eigenvalue weighted by atomic mass is 16.6. The molecular formula is C15H16N2O6. The zero-order chi connectivity index (χ0) is 16.1. The molecule has 23 heavy (non-hydrogen) atoms. The Morgan fingerprint density at radius 2 is 2.26 bits per heavy atom. The average molecular weight is 320 g/mol. The summed E-state index contributed by atoms with van der Waals surface area (Å²) in [6, 6.07) is 1.56. The molecule has 1 N–H and O–H groups in total. The van der Waals surface area contributed by atoms with E-state index in [-0.39, 0.29) is 29.7 Å². The number of hydrogen-bond acceptors (Lipinski definition) is 7. The zero-order valence-electron chi connectivity index (χ0n) is 12.5. The van der Waals surface area contributed by atoms with Gasteiger partial charge in [-0.3, -0.25) is 14.4 Å². The number of aromatic nitrogens is 1. The van der Waals surface area contributed by atoms with Crippen molar-refractivity contribution in [3.63, 3.8) is 0 Å². The highest BCUT2D eigenvalue weighted by molar-refractivity contribution is 5.92. The number of fused-ring (bicyclic) bond motifs is 1. The molecule has 1 aromatic rings. The molecule has 0 unspecified atom stereocenters. The minimum atomic E-state index is -0.498. The molecule has 1 amide bonds. The van der Waals surface area contributed by atoms with Crippen molar-refractivity contribution in [2.45, 2.75) is 25.9 Å². The zero-order valence-corrected chi connectivity index (χ0v) is 12.5. The van der Waals surface area contributed by atoms with Crippen LogP contribution in [0, 0.1) is 30.6 Å². The van der Waals surface area contributed by atoms with Gasteiger partial charge >= 0.3 is 11.9 Å². The minimum absolute atomic E-state index is 0.0275. The van der Waals surface area contributed by atoms with Crippen LogP contribution >= 0.6 is 0 Å². The van der Waals surface area contributed by atoms with Crippen LogP contribution in [0.4, 0.5) is 5.82 Å². The minimum Gasteiger partial charge on any atom is -0.462 e. The topological polar surface area (TPSA) is 108 Å². The summed E-state index contributed by atoms with van der Waals surface area (Å²) in [5.41, 5.74) is 0. The highest BCUT2D eigenvalue weighted by Crippen LogP contribution is 2.57. The Hall–Kier alpha value is -2.38. The van der Waals surface area contributed by atoms with Gasteiger partial charge in [-0.2, -0.15) is 0 Å². The summed E-state index contributed by atoms with van der Waals surface area (Å²) in [5, 5.41) is 6.10. The van der Waals surface area contributed by atoms with Crippen LogP contribution in [-0.2, 0) is 23.9 Å². The molecule has 2 aliphatic carbocycles. The summed E-state index contributed by atoms with van der Waals surface area (Å²) in [6.45, 7) is 1.29. The van der Waals surface area contributed by atoms with Crippen LogP contribution in [0.15, 0.2) is 10.6 Å². The quantitative estimate of drug-likeness (QED) is 0.812. The molecule has 5 atom stereocenters. The van der Waals surface area contributed by atoms with Gasteiger partial charge in [-0.15, -0.1) is 0 Å². The van der Waals surface area contributed by atoms with Crippen molar-refractivity contribution in [2.75, 3.05) is 11.9 Å². The molecule has 3 fully saturated rings. The number of amides is 1. The number of aryl methyl sites for hydroxylation is 1. The first-order valence-corrected chi connectivity index (χ1v) is 7.63. The molecule has 2 bridgehead atoms. The third kappa shape index (κ3) is 2.29. The van der Waals surface area contributed by atoms with Crippen LogP contribution in [-0.4, -0.2) is 35.7 Å². The summed E-state index contributed by atoms with van der Waals surface area (Å²) >= 11 is 0. The summed E-state index contributed by atoms with van der Waals surface area (Å²) in [5.74, 6) is -1.08. The van der Waals surface area contributed by atoms with Crippen molar-refractivity contribution in [1.29, 1.82) is 0 Å². The number of carbonyl (C=O) groups is 3. The van der Waals surface area contributed by atoms with Crippen LogP contribution in [0.25, 0.3) is 0 Å². The normalized spacial score (nSPS) is 33.6. The average Bonchev–Trinajstić information content (AvgIpc) is 3.20. The first kappa shape index (κ1) is 14.2. The lowest BCUT2D eigenvalue weighted by Gasteiger charge is -2.22. The van der Waals surface area contributed by atoms with E-state index in [2.05, 4.69) is 10.5 Å². The Morgan fingerprint density at radius 1 is 1.43 bits per heavy atom. The van der Waals surface area contributed by atoms with E-state index in [1.807, 2.05) is 0 Å². The summed E-state index contributed by atoms with van der Waals surface area (Å²) in [4.78, 5) is 35.9. The van der Waals surface area contributed by atoms with Gasteiger partial charge in [-0.1, -0.05) is 5.16 Å². The summed E-state index contributed by atoms with van der Waals surface area (Å²) in [6.07, 6.45) is 1.52. The van der Waals surface area contributed by atoms with Gasteiger partial charge in [0.05, 0.1) is 11.8 Å². The molecule has 3 aliphatic rings. The Bertz CT molecular complexity index is 681. The summed E-state index contributed by atoms with van der Waals surface area (Å²) in [7, 11) is 0. The van der Waals surface area contributed by atoms with E-state index in [0.29, 0.717) is 5.76 Å². The van der Waals surface area contributed by atoms with Gasteiger partial charge in [0.1, 0.15) is 11.9 Å². The second kappa shape index (κ2) is 5.07. The molecule has 2 saturated carbocycles. The summed E-state index contributed by atoms with van der Waals surface area (Å²) < 4.78 is 15.2. The monoisotopic (exact) mass is 320 g/mol. The maximum absolute atomic E-state index is 12.3. The van der Waals surface area contributed by atoms with Gasteiger partial charge in [0, 0.05) is 12.0 Å². The van der Waals surface area contributed by atoms with Crippen molar-refractivity contribution in [3.05, 3.63) is 11.8 Å². The van der Waals surface area contributed by atoms with Gasteiger partial charge < -0.3 is 19.3 Å². The van der Waals surface area contributed by atoms with E-state index < -0.39 is 30.3 Å². The van der Waals surface area contributed by atoms with Gasteiger partial charge in [0.25, 0.3) is 5.91 Å². The maximum atomic E-state index is 12.3. The first-order valence-electron chi connectivity index (χ1n) is 7.63. The number of rotatable bonds is 4. The third-order valence-electron chi connectivity index (χ3n) is 5.00. The lowest BCUT2D eigenvalue weighted by Crippen LogP contribution is -2.35. The van der Waals surface area contributed by atoms with Gasteiger partial charge in [-0.05, 0) is 25.7 Å². The number of hydrogen-bond donors (Lipinski definition) is 1. The number of anilines is 1. The first-order chi connectivity index (χ1) is 11.0.